The van der Waals surface area contributed by atoms with Gasteiger partial charge in [0.2, 0.25) is 17.7 Å². The fraction of sp³-hybridized carbons (Fsp3) is 0.406. The summed E-state index contributed by atoms with van der Waals surface area (Å²) in [5.74, 6) is -2.96. The summed E-state index contributed by atoms with van der Waals surface area (Å²) >= 11 is 0. The van der Waals surface area contributed by atoms with E-state index >= 15 is 0 Å². The van der Waals surface area contributed by atoms with Crippen LogP contribution in [0.5, 0.6) is 0 Å². The van der Waals surface area contributed by atoms with Crippen molar-refractivity contribution in [3.8, 4) is 0 Å². The number of hydrogen-bond donors (Lipinski definition) is 8. The Kier molecular flexibility index (Phi) is 12.9. The summed E-state index contributed by atoms with van der Waals surface area (Å²) in [6, 6.07) is 12.2. The number of para-hydroxylation sites is 1. The highest BCUT2D eigenvalue weighted by atomic mass is 16.4. The fourth-order valence-electron chi connectivity index (χ4n) is 4.99. The minimum absolute atomic E-state index is 0.0221. The maximum absolute atomic E-state index is 13.6. The Morgan fingerprint density at radius 3 is 2.13 bits per heavy atom. The van der Waals surface area contributed by atoms with Gasteiger partial charge in [-0.1, -0.05) is 62.4 Å². The van der Waals surface area contributed by atoms with E-state index < -0.39 is 47.9 Å². The molecule has 3 rings (SSSR count). The van der Waals surface area contributed by atoms with E-state index in [2.05, 4.69) is 25.9 Å². The molecule has 0 aliphatic carbocycles. The molecule has 0 saturated carbocycles. The molecule has 0 unspecified atom stereocenters. The number of nitrogens with zero attached hydrogens (tertiary/aromatic N) is 1. The lowest BCUT2D eigenvalue weighted by atomic mass is 10.0. The second-order valence-corrected chi connectivity index (χ2v) is 11.5. The highest BCUT2D eigenvalue weighted by molar-refractivity contribution is 5.94. The van der Waals surface area contributed by atoms with Crippen LogP contribution in [0.3, 0.4) is 0 Å². The number of hydrogen-bond acceptors (Lipinski definition) is 6. The lowest BCUT2D eigenvalue weighted by Crippen LogP contribution is -2.58. The summed E-state index contributed by atoms with van der Waals surface area (Å²) in [6.45, 7) is 4.09. The molecule has 11 N–H and O–H groups in total. The minimum Gasteiger partial charge on any atom is -0.480 e. The molecule has 1 heterocycles. The van der Waals surface area contributed by atoms with E-state index in [1.165, 1.54) is 0 Å². The highest BCUT2D eigenvalue weighted by Gasteiger charge is 2.31. The highest BCUT2D eigenvalue weighted by Crippen LogP contribution is 2.19. The van der Waals surface area contributed by atoms with E-state index in [-0.39, 0.29) is 37.7 Å². The zero-order chi connectivity index (χ0) is 32.9. The molecule has 0 fully saturated rings. The summed E-state index contributed by atoms with van der Waals surface area (Å²) in [4.78, 5) is 59.5. The van der Waals surface area contributed by atoms with E-state index in [0.29, 0.717) is 12.8 Å². The quantitative estimate of drug-likeness (QED) is 0.0613. The monoisotopic (exact) mass is 620 g/mol. The average Bonchev–Trinajstić information content (AvgIpc) is 3.40. The van der Waals surface area contributed by atoms with Gasteiger partial charge >= 0.3 is 5.97 Å². The molecule has 0 aliphatic rings. The molecule has 45 heavy (non-hydrogen) atoms. The summed E-state index contributed by atoms with van der Waals surface area (Å²) in [6.07, 6.45) is 2.77. The van der Waals surface area contributed by atoms with Crippen LogP contribution in [-0.4, -0.2) is 70.5 Å². The number of aromatic nitrogens is 1. The number of carboxylic acid groups (broad SMARTS) is 1. The molecular weight excluding hydrogens is 576 g/mol. The van der Waals surface area contributed by atoms with Crippen LogP contribution >= 0.6 is 0 Å². The number of amides is 3. The Labute approximate surface area is 262 Å². The van der Waals surface area contributed by atoms with Gasteiger partial charge in [0.1, 0.15) is 18.1 Å². The van der Waals surface area contributed by atoms with Crippen LogP contribution in [0.4, 0.5) is 0 Å². The molecule has 0 radical (unpaired) electrons. The summed E-state index contributed by atoms with van der Waals surface area (Å²) in [5.41, 5.74) is 19.2. The molecule has 1 aromatic heterocycles. The van der Waals surface area contributed by atoms with Crippen molar-refractivity contribution in [2.75, 3.05) is 6.54 Å². The molecule has 13 nitrogen and oxygen atoms in total. The van der Waals surface area contributed by atoms with Crippen LogP contribution in [0.2, 0.25) is 0 Å². The van der Waals surface area contributed by atoms with Crippen LogP contribution in [0, 0.1) is 5.92 Å². The van der Waals surface area contributed by atoms with Gasteiger partial charge in [0, 0.05) is 36.5 Å². The molecule has 4 atom stereocenters. The number of benzene rings is 2. The normalized spacial score (nSPS) is 13.8. The molecule has 13 heteroatoms. The molecule has 0 bridgehead atoms. The van der Waals surface area contributed by atoms with Crippen LogP contribution in [0.15, 0.2) is 65.8 Å². The molecule has 3 amide bonds. The van der Waals surface area contributed by atoms with Gasteiger partial charge in [0.15, 0.2) is 5.96 Å². The molecule has 0 saturated heterocycles. The number of carbonyl (C=O) groups is 4. The number of H-pyrrole nitrogens is 1. The first-order valence-corrected chi connectivity index (χ1v) is 15.0. The van der Waals surface area contributed by atoms with Crippen molar-refractivity contribution in [3.63, 3.8) is 0 Å². The number of nitrogens with one attached hydrogen (secondary N) is 4. The Morgan fingerprint density at radius 1 is 0.844 bits per heavy atom. The van der Waals surface area contributed by atoms with Crippen molar-refractivity contribution in [1.82, 2.24) is 20.9 Å². The first-order chi connectivity index (χ1) is 21.4. The lowest BCUT2D eigenvalue weighted by molar-refractivity contribution is -0.142. The van der Waals surface area contributed by atoms with Gasteiger partial charge in [-0.15, -0.1) is 0 Å². The number of guanidine groups is 1. The molecule has 0 spiro atoms. The van der Waals surface area contributed by atoms with Gasteiger partial charge in [-0.05, 0) is 42.4 Å². The van der Waals surface area contributed by atoms with Crippen molar-refractivity contribution < 1.29 is 24.3 Å². The summed E-state index contributed by atoms with van der Waals surface area (Å²) in [5, 5.41) is 18.9. The number of carbonyl (C=O) groups excluding carboxylic acids is 3. The number of aromatic amines is 1. The maximum Gasteiger partial charge on any atom is 0.326 e. The zero-order valence-electron chi connectivity index (χ0n) is 25.7. The van der Waals surface area contributed by atoms with Crippen LogP contribution in [0.1, 0.15) is 44.2 Å². The third-order valence-corrected chi connectivity index (χ3v) is 7.27. The van der Waals surface area contributed by atoms with Crippen molar-refractivity contribution >= 4 is 40.6 Å². The number of aliphatic carboxylic acids is 1. The molecule has 3 aromatic rings. The summed E-state index contributed by atoms with van der Waals surface area (Å²) < 4.78 is 0. The SMILES string of the molecule is CC(C)C[C@H](N)C(=O)N[C@@H](CCCN=C(N)N)C(=O)N[C@@H](Cc1ccccc1)C(=O)N[C@@H](Cc1c[nH]c2ccccc12)C(=O)O. The van der Waals surface area contributed by atoms with Gasteiger partial charge < -0.3 is 43.2 Å². The largest absolute Gasteiger partial charge is 0.480 e. The Hall–Kier alpha value is -4.91. The third kappa shape index (κ3) is 10.9. The average molecular weight is 621 g/mol. The standard InChI is InChI=1S/C32H44N8O5/c1-19(2)15-23(33)28(41)38-25(13-8-14-36-32(34)35)29(42)39-26(16-20-9-4-3-5-10-20)30(43)40-27(31(44)45)17-21-18-37-24-12-7-6-11-22(21)24/h3-7,9-12,18-19,23,25-27,37H,8,13-17,33H2,1-2H3,(H,38,41)(H,39,42)(H,40,43)(H,44,45)(H4,34,35,36)/t23-,25-,26-,27-/m0/s1. The second-order valence-electron chi connectivity index (χ2n) is 11.5. The third-order valence-electron chi connectivity index (χ3n) is 7.27. The van der Waals surface area contributed by atoms with Crippen molar-refractivity contribution in [3.05, 3.63) is 71.9 Å². The number of aliphatic imine (C=N–C) groups is 1. The van der Waals surface area contributed by atoms with Crippen molar-refractivity contribution in [1.29, 1.82) is 0 Å². The van der Waals surface area contributed by atoms with Gasteiger partial charge in [0.25, 0.3) is 0 Å². The van der Waals surface area contributed by atoms with Gasteiger partial charge in [-0.3, -0.25) is 19.4 Å². The van der Waals surface area contributed by atoms with Gasteiger partial charge in [0.05, 0.1) is 6.04 Å². The van der Waals surface area contributed by atoms with E-state index in [0.717, 1.165) is 22.0 Å². The number of rotatable bonds is 17. The van der Waals surface area contributed by atoms with Crippen LogP contribution in [0.25, 0.3) is 10.9 Å². The Balaban J connectivity index is 1.81. The predicted molar refractivity (Wildman–Crippen MR) is 173 cm³/mol. The molecular formula is C32H44N8O5. The first-order valence-electron chi connectivity index (χ1n) is 15.0. The van der Waals surface area contributed by atoms with E-state index in [1.54, 1.807) is 30.5 Å². The number of nitrogens with two attached hydrogens (primary N) is 3. The number of carboxylic acids is 1. The topological polar surface area (TPSA) is 231 Å². The second kappa shape index (κ2) is 16.8. The van der Waals surface area contributed by atoms with E-state index in [4.69, 9.17) is 17.2 Å². The predicted octanol–water partition coefficient (Wildman–Crippen LogP) is 0.919. The van der Waals surface area contributed by atoms with Crippen molar-refractivity contribution in [2.45, 2.75) is 70.1 Å². The molecule has 2 aromatic carbocycles. The number of fused-ring (bicyclic) bond motifs is 1. The first kappa shape index (κ1) is 34.6. The van der Waals surface area contributed by atoms with E-state index in [1.807, 2.05) is 44.2 Å². The summed E-state index contributed by atoms with van der Waals surface area (Å²) in [7, 11) is 0. The smallest absolute Gasteiger partial charge is 0.326 e. The van der Waals surface area contributed by atoms with E-state index in [9.17, 15) is 24.3 Å². The van der Waals surface area contributed by atoms with Crippen molar-refractivity contribution in [2.24, 2.45) is 28.1 Å². The Morgan fingerprint density at radius 2 is 1.47 bits per heavy atom. The fourth-order valence-corrected chi connectivity index (χ4v) is 4.99. The lowest BCUT2D eigenvalue weighted by Gasteiger charge is -2.25. The van der Waals surface area contributed by atoms with Gasteiger partial charge in [-0.25, -0.2) is 4.79 Å². The minimum atomic E-state index is -1.27. The van der Waals surface area contributed by atoms with Gasteiger partial charge in [-0.2, -0.15) is 0 Å². The zero-order valence-corrected chi connectivity index (χ0v) is 25.7. The maximum atomic E-state index is 13.6. The Bertz CT molecular complexity index is 1470. The molecule has 0 aliphatic heterocycles. The van der Waals surface area contributed by atoms with Crippen LogP contribution in [-0.2, 0) is 32.0 Å². The molecule has 242 valence electrons. The van der Waals surface area contributed by atoms with Crippen LogP contribution < -0.4 is 33.2 Å².